The SMILES string of the molecule is O=C(CN1CCC(NC(=O)C2CC2)CC1)Nc1cc(C(F)(F)F)cc(C(F)(F)F)c1. The Morgan fingerprint density at radius 3 is 1.90 bits per heavy atom. The van der Waals surface area contributed by atoms with E-state index in [1.165, 1.54) is 0 Å². The van der Waals surface area contributed by atoms with E-state index in [4.69, 9.17) is 0 Å². The lowest BCUT2D eigenvalue weighted by Crippen LogP contribution is -2.46. The van der Waals surface area contributed by atoms with Gasteiger partial charge in [0.05, 0.1) is 17.7 Å². The van der Waals surface area contributed by atoms with Crippen molar-refractivity contribution in [2.45, 2.75) is 44.1 Å². The fourth-order valence-electron chi connectivity index (χ4n) is 3.33. The Kier molecular flexibility index (Phi) is 6.30. The third-order valence-corrected chi connectivity index (χ3v) is 5.12. The van der Waals surface area contributed by atoms with E-state index in [0.29, 0.717) is 38.1 Å². The number of hydrogen-bond donors (Lipinski definition) is 2. The maximum absolute atomic E-state index is 12.9. The van der Waals surface area contributed by atoms with Crippen molar-refractivity contribution in [2.75, 3.05) is 25.0 Å². The van der Waals surface area contributed by atoms with Crippen molar-refractivity contribution in [3.8, 4) is 0 Å². The first-order valence-corrected chi connectivity index (χ1v) is 9.54. The maximum atomic E-state index is 12.9. The van der Waals surface area contributed by atoms with E-state index in [0.717, 1.165) is 12.8 Å². The molecule has 1 aliphatic carbocycles. The molecule has 1 saturated heterocycles. The molecular weight excluding hydrogens is 416 g/mol. The average molecular weight is 437 g/mol. The van der Waals surface area contributed by atoms with Crippen LogP contribution >= 0.6 is 0 Å². The Labute approximate surface area is 168 Å². The van der Waals surface area contributed by atoms with Crippen molar-refractivity contribution >= 4 is 17.5 Å². The molecule has 5 nitrogen and oxygen atoms in total. The molecule has 1 aromatic carbocycles. The highest BCUT2D eigenvalue weighted by atomic mass is 19.4. The molecule has 1 saturated carbocycles. The van der Waals surface area contributed by atoms with Crippen molar-refractivity contribution in [2.24, 2.45) is 5.92 Å². The van der Waals surface area contributed by atoms with Gasteiger partial charge in [0.25, 0.3) is 0 Å². The van der Waals surface area contributed by atoms with Gasteiger partial charge in [-0.3, -0.25) is 14.5 Å². The van der Waals surface area contributed by atoms with Crippen LogP contribution in [0.3, 0.4) is 0 Å². The number of rotatable bonds is 5. The normalized spacial score (nSPS) is 18.9. The third-order valence-electron chi connectivity index (χ3n) is 5.12. The van der Waals surface area contributed by atoms with Gasteiger partial charge in [-0.1, -0.05) is 0 Å². The maximum Gasteiger partial charge on any atom is 0.416 e. The van der Waals surface area contributed by atoms with Crippen molar-refractivity contribution < 1.29 is 35.9 Å². The molecule has 0 radical (unpaired) electrons. The monoisotopic (exact) mass is 437 g/mol. The molecule has 0 atom stereocenters. The summed E-state index contributed by atoms with van der Waals surface area (Å²) in [6.45, 7) is 0.805. The van der Waals surface area contributed by atoms with Crippen LogP contribution in [0, 0.1) is 5.92 Å². The van der Waals surface area contributed by atoms with Gasteiger partial charge in [0.15, 0.2) is 0 Å². The minimum Gasteiger partial charge on any atom is -0.353 e. The Morgan fingerprint density at radius 1 is 0.900 bits per heavy atom. The molecule has 2 amide bonds. The number of anilines is 1. The van der Waals surface area contributed by atoms with E-state index in [1.54, 1.807) is 4.90 Å². The first-order valence-electron chi connectivity index (χ1n) is 9.54. The van der Waals surface area contributed by atoms with Gasteiger partial charge in [0.2, 0.25) is 11.8 Å². The number of benzene rings is 1. The van der Waals surface area contributed by atoms with Crippen LogP contribution in [0.15, 0.2) is 18.2 Å². The molecule has 0 aromatic heterocycles. The predicted molar refractivity (Wildman–Crippen MR) is 95.4 cm³/mol. The number of halogens is 6. The zero-order valence-corrected chi connectivity index (χ0v) is 15.9. The molecule has 11 heteroatoms. The summed E-state index contributed by atoms with van der Waals surface area (Å²) < 4.78 is 77.5. The number of piperidine rings is 1. The highest BCUT2D eigenvalue weighted by molar-refractivity contribution is 5.92. The molecule has 0 spiro atoms. The second-order valence-corrected chi connectivity index (χ2v) is 7.68. The number of hydrogen-bond acceptors (Lipinski definition) is 3. The highest BCUT2D eigenvalue weighted by Crippen LogP contribution is 2.37. The second kappa shape index (κ2) is 8.44. The summed E-state index contributed by atoms with van der Waals surface area (Å²) >= 11 is 0. The summed E-state index contributed by atoms with van der Waals surface area (Å²) in [5.41, 5.74) is -3.53. The third kappa shape index (κ3) is 6.10. The van der Waals surface area contributed by atoms with E-state index in [9.17, 15) is 35.9 Å². The predicted octanol–water partition coefficient (Wildman–Crippen LogP) is 3.65. The standard InChI is InChI=1S/C19H21F6N3O2/c20-18(21,22)12-7-13(19(23,24)25)9-15(8-12)26-16(29)10-28-5-3-14(4-6-28)27-17(30)11-1-2-11/h7-9,11,14H,1-6,10H2,(H,26,29)(H,27,30). The molecule has 1 aromatic rings. The molecule has 0 unspecified atom stereocenters. The largest absolute Gasteiger partial charge is 0.416 e. The van der Waals surface area contributed by atoms with Crippen LogP contribution < -0.4 is 10.6 Å². The van der Waals surface area contributed by atoms with Crippen LogP contribution in [-0.4, -0.2) is 42.4 Å². The van der Waals surface area contributed by atoms with Gasteiger partial charge in [-0.15, -0.1) is 0 Å². The van der Waals surface area contributed by atoms with Crippen LogP contribution in [0.25, 0.3) is 0 Å². The smallest absolute Gasteiger partial charge is 0.353 e. The lowest BCUT2D eigenvalue weighted by atomic mass is 10.0. The minimum atomic E-state index is -4.98. The van der Waals surface area contributed by atoms with E-state index >= 15 is 0 Å². The fourth-order valence-corrected chi connectivity index (χ4v) is 3.33. The zero-order valence-electron chi connectivity index (χ0n) is 15.9. The van der Waals surface area contributed by atoms with Gasteiger partial charge in [-0.25, -0.2) is 0 Å². The van der Waals surface area contributed by atoms with Crippen LogP contribution in [0.4, 0.5) is 32.0 Å². The molecule has 30 heavy (non-hydrogen) atoms. The molecule has 2 fully saturated rings. The van der Waals surface area contributed by atoms with Crippen molar-refractivity contribution in [3.05, 3.63) is 29.3 Å². The first-order chi connectivity index (χ1) is 13.9. The Balaban J connectivity index is 1.56. The van der Waals surface area contributed by atoms with E-state index < -0.39 is 35.1 Å². The van der Waals surface area contributed by atoms with Crippen molar-refractivity contribution in [1.29, 1.82) is 0 Å². The molecule has 1 aliphatic heterocycles. The Morgan fingerprint density at radius 2 is 1.43 bits per heavy atom. The molecule has 0 bridgehead atoms. The van der Waals surface area contributed by atoms with Crippen molar-refractivity contribution in [1.82, 2.24) is 10.2 Å². The van der Waals surface area contributed by atoms with Crippen LogP contribution in [0.2, 0.25) is 0 Å². The number of nitrogens with zero attached hydrogens (tertiary/aromatic N) is 1. The topological polar surface area (TPSA) is 61.4 Å². The Hall–Kier alpha value is -2.30. The van der Waals surface area contributed by atoms with Gasteiger partial charge in [-0.2, -0.15) is 26.3 Å². The molecular formula is C19H21F6N3O2. The van der Waals surface area contributed by atoms with Crippen LogP contribution in [0.1, 0.15) is 36.8 Å². The summed E-state index contributed by atoms with van der Waals surface area (Å²) in [6.07, 6.45) is -6.92. The quantitative estimate of drug-likeness (QED) is 0.692. The number of amides is 2. The first kappa shape index (κ1) is 22.4. The van der Waals surface area contributed by atoms with Gasteiger partial charge in [0.1, 0.15) is 0 Å². The van der Waals surface area contributed by atoms with Crippen LogP contribution in [-0.2, 0) is 21.9 Å². The zero-order chi connectivity index (χ0) is 22.1. The van der Waals surface area contributed by atoms with Crippen molar-refractivity contribution in [3.63, 3.8) is 0 Å². The van der Waals surface area contributed by atoms with Gasteiger partial charge < -0.3 is 10.6 Å². The molecule has 166 valence electrons. The minimum absolute atomic E-state index is 0.00946. The van der Waals surface area contributed by atoms with Gasteiger partial charge in [-0.05, 0) is 43.9 Å². The summed E-state index contributed by atoms with van der Waals surface area (Å²) in [4.78, 5) is 25.7. The summed E-state index contributed by atoms with van der Waals surface area (Å²) in [6, 6.07) is 0.978. The summed E-state index contributed by atoms with van der Waals surface area (Å²) in [5, 5.41) is 5.09. The fraction of sp³-hybridized carbons (Fsp3) is 0.579. The van der Waals surface area contributed by atoms with Gasteiger partial charge >= 0.3 is 12.4 Å². The summed E-state index contributed by atoms with van der Waals surface area (Å²) in [5.74, 6) is -0.568. The lowest BCUT2D eigenvalue weighted by Gasteiger charge is -2.31. The number of carbonyl (C=O) groups is 2. The number of alkyl halides is 6. The number of carbonyl (C=O) groups excluding carboxylic acids is 2. The molecule has 1 heterocycles. The van der Waals surface area contributed by atoms with Crippen LogP contribution in [0.5, 0.6) is 0 Å². The highest BCUT2D eigenvalue weighted by Gasteiger charge is 2.37. The van der Waals surface area contributed by atoms with E-state index in [-0.39, 0.29) is 30.5 Å². The average Bonchev–Trinajstić information content (AvgIpc) is 3.47. The molecule has 2 N–H and O–H groups in total. The summed E-state index contributed by atoms with van der Waals surface area (Å²) in [7, 11) is 0. The molecule has 3 rings (SSSR count). The van der Waals surface area contributed by atoms with Gasteiger partial charge in [0, 0.05) is 30.7 Å². The number of nitrogens with one attached hydrogen (secondary N) is 2. The van der Waals surface area contributed by atoms with E-state index in [2.05, 4.69) is 10.6 Å². The Bertz CT molecular complexity index is 764. The molecule has 2 aliphatic rings. The van der Waals surface area contributed by atoms with E-state index in [1.807, 2.05) is 0 Å². The number of likely N-dealkylation sites (tertiary alicyclic amines) is 1. The second-order valence-electron chi connectivity index (χ2n) is 7.68. The lowest BCUT2D eigenvalue weighted by molar-refractivity contribution is -0.143.